The summed E-state index contributed by atoms with van der Waals surface area (Å²) in [6, 6.07) is 0. The SMILES string of the molecule is COCCOCC(Cl)C(=O)O. The fourth-order valence-corrected chi connectivity index (χ4v) is 0.489. The number of methoxy groups -OCH3 is 1. The van der Waals surface area contributed by atoms with Crippen molar-refractivity contribution in [2.75, 3.05) is 26.9 Å². The van der Waals surface area contributed by atoms with Gasteiger partial charge in [-0.3, -0.25) is 4.79 Å². The standard InChI is InChI=1S/C6H11ClO4/c1-10-2-3-11-4-5(7)6(8)9/h5H,2-4H2,1H3,(H,8,9). The second-order valence-corrected chi connectivity index (χ2v) is 2.40. The number of rotatable bonds is 6. The van der Waals surface area contributed by atoms with Crippen molar-refractivity contribution in [3.63, 3.8) is 0 Å². The lowest BCUT2D eigenvalue weighted by Crippen LogP contribution is -2.20. The largest absolute Gasteiger partial charge is 0.480 e. The smallest absolute Gasteiger partial charge is 0.324 e. The van der Waals surface area contributed by atoms with Crippen LogP contribution in [0, 0.1) is 0 Å². The van der Waals surface area contributed by atoms with E-state index < -0.39 is 11.3 Å². The first-order chi connectivity index (χ1) is 5.18. The van der Waals surface area contributed by atoms with Crippen LogP contribution in [-0.4, -0.2) is 43.4 Å². The minimum absolute atomic E-state index is 0.0141. The quantitative estimate of drug-likeness (QED) is 0.476. The number of hydrogen-bond donors (Lipinski definition) is 1. The van der Waals surface area contributed by atoms with Gasteiger partial charge in [-0.2, -0.15) is 0 Å². The Morgan fingerprint density at radius 3 is 2.73 bits per heavy atom. The predicted molar refractivity (Wildman–Crippen MR) is 40.0 cm³/mol. The van der Waals surface area contributed by atoms with Crippen LogP contribution in [-0.2, 0) is 14.3 Å². The van der Waals surface area contributed by atoms with E-state index in [0.29, 0.717) is 13.2 Å². The van der Waals surface area contributed by atoms with E-state index in [9.17, 15) is 4.79 Å². The zero-order chi connectivity index (χ0) is 8.69. The Labute approximate surface area is 70.1 Å². The van der Waals surface area contributed by atoms with E-state index in [4.69, 9.17) is 21.4 Å². The number of hydrogen-bond acceptors (Lipinski definition) is 3. The van der Waals surface area contributed by atoms with Gasteiger partial charge in [-0.25, -0.2) is 0 Å². The van der Waals surface area contributed by atoms with Gasteiger partial charge in [0.15, 0.2) is 5.38 Å². The van der Waals surface area contributed by atoms with Crippen molar-refractivity contribution in [3.8, 4) is 0 Å². The third-order valence-electron chi connectivity index (χ3n) is 0.964. The summed E-state index contributed by atoms with van der Waals surface area (Å²) in [5.74, 6) is -1.07. The highest BCUT2D eigenvalue weighted by atomic mass is 35.5. The molecule has 0 aromatic rings. The molecule has 0 aliphatic carbocycles. The first kappa shape index (κ1) is 10.7. The van der Waals surface area contributed by atoms with Crippen LogP contribution in [0.5, 0.6) is 0 Å². The first-order valence-electron chi connectivity index (χ1n) is 3.12. The average molecular weight is 183 g/mol. The Hall–Kier alpha value is -0.320. The van der Waals surface area contributed by atoms with Gasteiger partial charge in [0.2, 0.25) is 0 Å². The van der Waals surface area contributed by atoms with Gasteiger partial charge in [0.1, 0.15) is 0 Å². The predicted octanol–water partition coefficient (Wildman–Crippen LogP) is 0.341. The summed E-state index contributed by atoms with van der Waals surface area (Å²) < 4.78 is 9.53. The molecule has 0 spiro atoms. The fourth-order valence-electron chi connectivity index (χ4n) is 0.400. The molecule has 4 nitrogen and oxygen atoms in total. The average Bonchev–Trinajstić information content (AvgIpc) is 1.97. The molecule has 0 heterocycles. The topological polar surface area (TPSA) is 55.8 Å². The molecule has 1 atom stereocenters. The van der Waals surface area contributed by atoms with Crippen LogP contribution in [0.1, 0.15) is 0 Å². The Kier molecular flexibility index (Phi) is 6.21. The number of carboxylic acids is 1. The van der Waals surface area contributed by atoms with Gasteiger partial charge in [-0.15, -0.1) is 11.6 Å². The number of alkyl halides is 1. The normalized spacial score (nSPS) is 12.9. The number of halogens is 1. The zero-order valence-corrected chi connectivity index (χ0v) is 7.00. The summed E-state index contributed by atoms with van der Waals surface area (Å²) in [5, 5.41) is 7.33. The summed E-state index contributed by atoms with van der Waals surface area (Å²) in [7, 11) is 1.54. The summed E-state index contributed by atoms with van der Waals surface area (Å²) in [5.41, 5.74) is 0. The molecule has 0 aliphatic rings. The van der Waals surface area contributed by atoms with Crippen LogP contribution in [0.15, 0.2) is 0 Å². The van der Waals surface area contributed by atoms with Gasteiger partial charge in [0.05, 0.1) is 19.8 Å². The molecule has 0 bridgehead atoms. The number of carbonyl (C=O) groups is 1. The minimum atomic E-state index is -1.07. The Morgan fingerprint density at radius 1 is 1.64 bits per heavy atom. The molecule has 0 amide bonds. The van der Waals surface area contributed by atoms with E-state index in [1.807, 2.05) is 0 Å². The molecule has 0 saturated heterocycles. The molecule has 66 valence electrons. The van der Waals surface area contributed by atoms with Crippen molar-refractivity contribution in [1.29, 1.82) is 0 Å². The second kappa shape index (κ2) is 6.39. The highest BCUT2D eigenvalue weighted by molar-refractivity contribution is 6.29. The van der Waals surface area contributed by atoms with Crippen LogP contribution in [0.4, 0.5) is 0 Å². The molecular formula is C6H11ClO4. The molecule has 0 aromatic carbocycles. The Bertz CT molecular complexity index is 117. The van der Waals surface area contributed by atoms with E-state index in [1.165, 1.54) is 0 Å². The Morgan fingerprint density at radius 2 is 2.27 bits per heavy atom. The van der Waals surface area contributed by atoms with Gasteiger partial charge in [-0.05, 0) is 0 Å². The van der Waals surface area contributed by atoms with Crippen molar-refractivity contribution >= 4 is 17.6 Å². The molecule has 1 unspecified atom stereocenters. The van der Waals surface area contributed by atoms with E-state index in [0.717, 1.165) is 0 Å². The lowest BCUT2D eigenvalue weighted by Gasteiger charge is -2.04. The summed E-state index contributed by atoms with van der Waals surface area (Å²) in [4.78, 5) is 10.1. The summed E-state index contributed by atoms with van der Waals surface area (Å²) >= 11 is 5.33. The van der Waals surface area contributed by atoms with E-state index in [1.54, 1.807) is 7.11 Å². The molecule has 0 aromatic heterocycles. The van der Waals surface area contributed by atoms with Gasteiger partial charge in [-0.1, -0.05) is 0 Å². The summed E-state index contributed by atoms with van der Waals surface area (Å²) in [6.45, 7) is 0.830. The fraction of sp³-hybridized carbons (Fsp3) is 0.833. The maximum atomic E-state index is 10.1. The van der Waals surface area contributed by atoms with Gasteiger partial charge in [0, 0.05) is 7.11 Å². The van der Waals surface area contributed by atoms with Crippen molar-refractivity contribution in [1.82, 2.24) is 0 Å². The maximum absolute atomic E-state index is 10.1. The van der Waals surface area contributed by atoms with Crippen molar-refractivity contribution in [2.24, 2.45) is 0 Å². The lowest BCUT2D eigenvalue weighted by atomic mass is 10.4. The molecule has 1 N–H and O–H groups in total. The maximum Gasteiger partial charge on any atom is 0.324 e. The Balaban J connectivity index is 3.17. The molecule has 0 rings (SSSR count). The number of aliphatic carboxylic acids is 1. The third-order valence-corrected chi connectivity index (χ3v) is 1.28. The lowest BCUT2D eigenvalue weighted by molar-refractivity contribution is -0.137. The second-order valence-electron chi connectivity index (χ2n) is 1.87. The van der Waals surface area contributed by atoms with Crippen LogP contribution in [0.25, 0.3) is 0 Å². The van der Waals surface area contributed by atoms with E-state index in [2.05, 4.69) is 4.74 Å². The van der Waals surface area contributed by atoms with Crippen LogP contribution >= 0.6 is 11.6 Å². The molecule has 0 aliphatic heterocycles. The van der Waals surface area contributed by atoms with Gasteiger partial charge >= 0.3 is 5.97 Å². The van der Waals surface area contributed by atoms with Crippen molar-refractivity contribution in [3.05, 3.63) is 0 Å². The van der Waals surface area contributed by atoms with E-state index in [-0.39, 0.29) is 6.61 Å². The summed E-state index contributed by atoms with van der Waals surface area (Å²) in [6.07, 6.45) is 0. The van der Waals surface area contributed by atoms with Gasteiger partial charge in [0.25, 0.3) is 0 Å². The number of ether oxygens (including phenoxy) is 2. The van der Waals surface area contributed by atoms with Crippen LogP contribution in [0.2, 0.25) is 0 Å². The van der Waals surface area contributed by atoms with Crippen LogP contribution in [0.3, 0.4) is 0 Å². The third kappa shape index (κ3) is 6.09. The van der Waals surface area contributed by atoms with Crippen molar-refractivity contribution in [2.45, 2.75) is 5.38 Å². The molecule has 0 radical (unpaired) electrons. The van der Waals surface area contributed by atoms with E-state index >= 15 is 0 Å². The zero-order valence-electron chi connectivity index (χ0n) is 6.25. The minimum Gasteiger partial charge on any atom is -0.480 e. The van der Waals surface area contributed by atoms with Crippen LogP contribution < -0.4 is 0 Å². The molecule has 11 heavy (non-hydrogen) atoms. The number of carboxylic acid groups (broad SMARTS) is 1. The molecule has 0 saturated carbocycles. The molecule has 0 fully saturated rings. The first-order valence-corrected chi connectivity index (χ1v) is 3.55. The molecule has 5 heteroatoms. The molecular weight excluding hydrogens is 172 g/mol. The van der Waals surface area contributed by atoms with Crippen molar-refractivity contribution < 1.29 is 19.4 Å². The highest BCUT2D eigenvalue weighted by Gasteiger charge is 2.12. The van der Waals surface area contributed by atoms with Gasteiger partial charge < -0.3 is 14.6 Å². The highest BCUT2D eigenvalue weighted by Crippen LogP contribution is 1.95. The monoisotopic (exact) mass is 182 g/mol.